The Morgan fingerprint density at radius 2 is 1.62 bits per heavy atom. The molecule has 0 bridgehead atoms. The number of H-pyrrole nitrogens is 1. The van der Waals surface area contributed by atoms with Gasteiger partial charge in [0.05, 0.1) is 40.0 Å². The predicted molar refractivity (Wildman–Crippen MR) is 266 cm³/mol. The zero-order chi connectivity index (χ0) is 50.1. The van der Waals surface area contributed by atoms with E-state index < -0.39 is 38.4 Å². The molecule has 11 rings (SSSR count). The molecule has 7 heterocycles. The maximum absolute atomic E-state index is 16.5. The first-order valence-corrected chi connectivity index (χ1v) is 26.6. The molecule has 1 amide bonds. The molecular formula is C53H60FN9O7S. The molecule has 0 radical (unpaired) electrons. The number of carbonyl (C=O) groups is 1. The lowest BCUT2D eigenvalue weighted by Gasteiger charge is -2.53. The lowest BCUT2D eigenvalue weighted by atomic mass is 9.75. The van der Waals surface area contributed by atoms with Gasteiger partial charge in [-0.05, 0) is 150 Å². The maximum atomic E-state index is 16.5. The second-order valence-corrected chi connectivity index (χ2v) is 23.7. The molecule has 3 aromatic carbocycles. The highest BCUT2D eigenvalue weighted by Gasteiger charge is 2.60. The molecule has 1 N–H and O–H groups in total. The van der Waals surface area contributed by atoms with Crippen molar-refractivity contribution in [1.29, 1.82) is 0 Å². The van der Waals surface area contributed by atoms with Gasteiger partial charge in [0.2, 0.25) is 0 Å². The molecule has 1 aliphatic carbocycles. The van der Waals surface area contributed by atoms with Gasteiger partial charge in [0.15, 0.2) is 15.7 Å². The summed E-state index contributed by atoms with van der Waals surface area (Å²) < 4.78 is 57.6. The highest BCUT2D eigenvalue weighted by molar-refractivity contribution is 7.89. The van der Waals surface area contributed by atoms with Gasteiger partial charge in [0.1, 0.15) is 22.9 Å². The second kappa shape index (κ2) is 16.6. The van der Waals surface area contributed by atoms with Crippen molar-refractivity contribution >= 4 is 26.6 Å². The van der Waals surface area contributed by atoms with Crippen LogP contribution in [-0.4, -0.2) is 102 Å². The fraction of sp³-hybridized carbons (Fsp3) is 0.453. The maximum Gasteiger partial charge on any atom is 0.438 e. The molecule has 4 aromatic heterocycles. The zero-order valence-corrected chi connectivity index (χ0v) is 42.3. The van der Waals surface area contributed by atoms with E-state index in [1.54, 1.807) is 67.3 Å². The molecule has 18 heteroatoms. The summed E-state index contributed by atoms with van der Waals surface area (Å²) in [6.45, 7) is 13.9. The number of piperidine rings is 1. The molecule has 3 aliphatic heterocycles. The van der Waals surface area contributed by atoms with E-state index in [4.69, 9.17) is 14.4 Å². The fourth-order valence-corrected chi connectivity index (χ4v) is 13.1. The number of nitrogens with one attached hydrogen (secondary N) is 1. The van der Waals surface area contributed by atoms with Crippen LogP contribution in [0.1, 0.15) is 122 Å². The number of benzene rings is 3. The molecule has 4 atom stereocenters. The molecule has 372 valence electrons. The van der Waals surface area contributed by atoms with Crippen molar-refractivity contribution in [2.75, 3.05) is 33.0 Å². The monoisotopic (exact) mass is 985 g/mol. The molecule has 0 unspecified atom stereocenters. The number of aromatic amines is 1. The summed E-state index contributed by atoms with van der Waals surface area (Å²) in [5, 5.41) is 10.5. The van der Waals surface area contributed by atoms with Crippen LogP contribution in [0.15, 0.2) is 87.2 Å². The smallest absolute Gasteiger partial charge is 0.376 e. The summed E-state index contributed by atoms with van der Waals surface area (Å²) in [7, 11) is -1.19. The van der Waals surface area contributed by atoms with E-state index in [0.29, 0.717) is 83.3 Å². The number of nitrogens with zero attached hydrogens (tertiary/aromatic N) is 8. The molecule has 4 aliphatic rings. The van der Waals surface area contributed by atoms with E-state index in [1.165, 1.54) is 21.0 Å². The van der Waals surface area contributed by atoms with Gasteiger partial charge in [-0.1, -0.05) is 30.3 Å². The lowest BCUT2D eigenvalue weighted by molar-refractivity contribution is -0.0592. The van der Waals surface area contributed by atoms with Gasteiger partial charge in [-0.15, -0.1) is 0 Å². The highest BCUT2D eigenvalue weighted by Crippen LogP contribution is 2.57. The van der Waals surface area contributed by atoms with Crippen LogP contribution in [-0.2, 0) is 32.3 Å². The average molecular weight is 986 g/mol. The van der Waals surface area contributed by atoms with Gasteiger partial charge in [0, 0.05) is 61.2 Å². The summed E-state index contributed by atoms with van der Waals surface area (Å²) in [6.07, 6.45) is 8.56. The fourth-order valence-electron chi connectivity index (χ4n) is 12.3. The normalized spacial score (nSPS) is 23.1. The van der Waals surface area contributed by atoms with Gasteiger partial charge in [-0.25, -0.2) is 27.1 Å². The molecule has 7 aromatic rings. The average Bonchev–Trinajstić information content (AvgIpc) is 3.80. The van der Waals surface area contributed by atoms with Crippen molar-refractivity contribution in [3.63, 3.8) is 0 Å². The zero-order valence-electron chi connectivity index (χ0n) is 41.5. The SMILES string of the molecule is Cc1cc(-n2nc3c(c2-n2ccn(-c4ccc(CS(C)(=O)=O)cc4)c2=O)[C@H](C)N(C(=O)c2cc4cc([C@H]5CCOC(C)(C)C5)ccc4n2[C@@]2(c4noc(=O)[nH]4)C[C@@H]2C)C2(CCN(C)CC2)C3)cc(C)c1F. The predicted octanol–water partition coefficient (Wildman–Crippen LogP) is 7.43. The largest absolute Gasteiger partial charge is 0.438 e. The summed E-state index contributed by atoms with van der Waals surface area (Å²) in [6, 6.07) is 18.1. The van der Waals surface area contributed by atoms with Crippen LogP contribution in [0, 0.1) is 25.6 Å². The Balaban J connectivity index is 1.10. The molecule has 3 fully saturated rings. The third-order valence-electron chi connectivity index (χ3n) is 16.0. The minimum absolute atomic E-state index is 0.0108. The molecule has 71 heavy (non-hydrogen) atoms. The van der Waals surface area contributed by atoms with Crippen molar-refractivity contribution < 1.29 is 26.9 Å². The standard InChI is InChI=1S/C53H60FN9O7S/c1-31-23-40(24-32(2)45(31)54)63-46(60-21-20-59(50(60)66)39-12-9-35(10-13-39)30-71(8,67)68)44-34(4)61(52(29-41(44)56-63)16-18-58(7)19-17-52)47(64)43-26-38-25-36(37-15-22-69-51(5,6)28-37)11-14-42(38)62(43)53(27-33(53)3)48-55-49(65)70-57-48/h9-14,20-21,23-26,33-34,37H,15-19,22,27-30H2,1-8H3,(H,55,57,65)/t33-,34-,37-,53-/m0/s1. The number of hydrogen-bond donors (Lipinski definition) is 1. The number of halogens is 1. The molecule has 2 saturated heterocycles. The van der Waals surface area contributed by atoms with E-state index in [-0.39, 0.29) is 34.9 Å². The number of fused-ring (bicyclic) bond motifs is 2. The first-order chi connectivity index (χ1) is 33.7. The minimum atomic E-state index is -3.28. The Labute approximate surface area is 410 Å². The summed E-state index contributed by atoms with van der Waals surface area (Å²) in [4.78, 5) is 51.2. The number of hydrogen-bond acceptors (Lipinski definition) is 10. The van der Waals surface area contributed by atoms with Crippen LogP contribution in [0.25, 0.3) is 28.1 Å². The van der Waals surface area contributed by atoms with Crippen molar-refractivity contribution in [3.05, 3.63) is 145 Å². The minimum Gasteiger partial charge on any atom is -0.376 e. The van der Waals surface area contributed by atoms with E-state index in [9.17, 15) is 18.0 Å². The van der Waals surface area contributed by atoms with Crippen LogP contribution in [0.4, 0.5) is 4.39 Å². The highest BCUT2D eigenvalue weighted by atomic mass is 32.2. The Bertz CT molecular complexity index is 3490. The number of amides is 1. The van der Waals surface area contributed by atoms with Gasteiger partial charge in [-0.2, -0.15) is 5.10 Å². The molecule has 1 spiro atoms. The van der Waals surface area contributed by atoms with E-state index in [1.807, 2.05) is 17.9 Å². The first-order valence-electron chi connectivity index (χ1n) is 24.5. The number of ether oxygens (including phenoxy) is 1. The molecule has 16 nitrogen and oxygen atoms in total. The van der Waals surface area contributed by atoms with Gasteiger partial charge in [0.25, 0.3) is 5.91 Å². The van der Waals surface area contributed by atoms with Gasteiger partial charge >= 0.3 is 11.4 Å². The first kappa shape index (κ1) is 47.0. The van der Waals surface area contributed by atoms with Crippen LogP contribution in [0.2, 0.25) is 0 Å². The van der Waals surface area contributed by atoms with Crippen LogP contribution in [0.3, 0.4) is 0 Å². The summed E-state index contributed by atoms with van der Waals surface area (Å²) >= 11 is 0. The Kier molecular flexibility index (Phi) is 11.0. The Morgan fingerprint density at radius 1 is 0.930 bits per heavy atom. The van der Waals surface area contributed by atoms with Crippen molar-refractivity contribution in [1.82, 2.24) is 43.4 Å². The number of rotatable bonds is 9. The lowest BCUT2D eigenvalue weighted by Crippen LogP contribution is -2.61. The number of aryl methyl sites for hydroxylation is 2. The van der Waals surface area contributed by atoms with Crippen LogP contribution >= 0.6 is 0 Å². The quantitative estimate of drug-likeness (QED) is 0.153. The number of likely N-dealkylation sites (tertiary alicyclic amines) is 1. The topological polar surface area (TPSA) is 175 Å². The van der Waals surface area contributed by atoms with Crippen molar-refractivity contribution in [2.24, 2.45) is 5.92 Å². The van der Waals surface area contributed by atoms with Crippen LogP contribution in [0.5, 0.6) is 0 Å². The van der Waals surface area contributed by atoms with E-state index >= 15 is 9.18 Å². The van der Waals surface area contributed by atoms with E-state index in [0.717, 1.165) is 42.5 Å². The van der Waals surface area contributed by atoms with Crippen LogP contribution < -0.4 is 11.4 Å². The molecular weight excluding hydrogens is 926 g/mol. The van der Waals surface area contributed by atoms with Crippen molar-refractivity contribution in [3.8, 4) is 17.2 Å². The number of imidazole rings is 1. The third-order valence-corrected chi connectivity index (χ3v) is 16.8. The Morgan fingerprint density at radius 3 is 2.25 bits per heavy atom. The second-order valence-electron chi connectivity index (χ2n) is 21.6. The summed E-state index contributed by atoms with van der Waals surface area (Å²) in [5.41, 5.74) is 4.16. The number of carbonyl (C=O) groups excluding carboxylic acids is 1. The van der Waals surface area contributed by atoms with Crippen molar-refractivity contribution in [2.45, 2.75) is 114 Å². The Hall–Kier alpha value is -6.37. The summed E-state index contributed by atoms with van der Waals surface area (Å²) in [5.74, 6) is -0.297. The molecule has 1 saturated carbocycles. The number of sulfone groups is 1. The van der Waals surface area contributed by atoms with Gasteiger partial charge < -0.3 is 19.1 Å². The van der Waals surface area contributed by atoms with Gasteiger partial charge in [-0.3, -0.25) is 23.4 Å². The number of aromatic nitrogens is 7. The third kappa shape index (κ3) is 7.84. The van der Waals surface area contributed by atoms with E-state index in [2.05, 4.69) is 65.6 Å².